The molecule has 1 aromatic heterocycles. The van der Waals surface area contributed by atoms with Crippen LogP contribution in [0.1, 0.15) is 32.9 Å². The lowest BCUT2D eigenvalue weighted by molar-refractivity contribution is 0.102. The van der Waals surface area contributed by atoms with Crippen molar-refractivity contribution in [3.63, 3.8) is 0 Å². The zero-order chi connectivity index (χ0) is 20.5. The first-order valence-electron chi connectivity index (χ1n) is 10.2. The molecule has 6 heteroatoms. The van der Waals surface area contributed by atoms with Gasteiger partial charge >= 0.3 is 0 Å². The number of aromatic nitrogens is 3. The number of rotatable bonds is 4. The Bertz CT molecular complexity index is 1240. The van der Waals surface area contributed by atoms with Crippen LogP contribution in [0.5, 0.6) is 0 Å². The van der Waals surface area contributed by atoms with Crippen LogP contribution in [0.25, 0.3) is 10.8 Å². The maximum atomic E-state index is 12.8. The average molecular weight is 397 g/mol. The number of carbonyl (C=O) groups is 1. The van der Waals surface area contributed by atoms with E-state index in [4.69, 9.17) is 0 Å². The van der Waals surface area contributed by atoms with E-state index < -0.39 is 0 Å². The van der Waals surface area contributed by atoms with Gasteiger partial charge in [0, 0.05) is 12.2 Å². The highest BCUT2D eigenvalue weighted by Gasteiger charge is 2.18. The summed E-state index contributed by atoms with van der Waals surface area (Å²) in [6.45, 7) is 4.30. The molecule has 0 unspecified atom stereocenters. The maximum absolute atomic E-state index is 12.8. The van der Waals surface area contributed by atoms with E-state index in [1.54, 1.807) is 4.68 Å². The second kappa shape index (κ2) is 7.72. The van der Waals surface area contributed by atoms with Crippen LogP contribution >= 0.6 is 0 Å². The molecule has 5 rings (SSSR count). The van der Waals surface area contributed by atoms with Crippen LogP contribution in [0.15, 0.2) is 60.7 Å². The summed E-state index contributed by atoms with van der Waals surface area (Å²) in [5, 5.41) is 17.1. The zero-order valence-electron chi connectivity index (χ0n) is 16.9. The molecule has 0 bridgehead atoms. The Hall–Kier alpha value is -3.51. The quantitative estimate of drug-likeness (QED) is 0.551. The molecule has 0 radical (unpaired) electrons. The van der Waals surface area contributed by atoms with Gasteiger partial charge in [0.05, 0.1) is 12.2 Å². The Kier molecular flexibility index (Phi) is 4.77. The summed E-state index contributed by atoms with van der Waals surface area (Å²) in [7, 11) is 0. The fourth-order valence-corrected chi connectivity index (χ4v) is 4.06. The first kappa shape index (κ1) is 18.5. The first-order chi connectivity index (χ1) is 14.7. The monoisotopic (exact) mass is 397 g/mol. The summed E-state index contributed by atoms with van der Waals surface area (Å²) in [5.74, 6) is -0.231. The van der Waals surface area contributed by atoms with E-state index in [1.165, 1.54) is 21.9 Å². The molecular weight excluding hydrogens is 374 g/mol. The van der Waals surface area contributed by atoms with Gasteiger partial charge in [0.25, 0.3) is 5.91 Å². The number of anilines is 1. The van der Waals surface area contributed by atoms with Gasteiger partial charge in [-0.2, -0.15) is 0 Å². The van der Waals surface area contributed by atoms with Gasteiger partial charge in [-0.3, -0.25) is 4.79 Å². The largest absolute Gasteiger partial charge is 0.321 e. The van der Waals surface area contributed by atoms with Crippen LogP contribution in [0.3, 0.4) is 0 Å². The standard InChI is InChI=1S/C24H23N5O/c1-16-23(24(30)26-21-10-9-19-14-25-12-11-18(19)13-21)27-28-29(16)15-20-7-4-6-17-5-2-3-8-22(17)20/h2-10,13,25H,11-12,14-15H2,1H3,(H,26,30). The van der Waals surface area contributed by atoms with E-state index in [0.29, 0.717) is 12.2 Å². The minimum absolute atomic E-state index is 0.231. The van der Waals surface area contributed by atoms with Gasteiger partial charge in [0.2, 0.25) is 0 Å². The third-order valence-electron chi connectivity index (χ3n) is 5.75. The predicted molar refractivity (Wildman–Crippen MR) is 118 cm³/mol. The molecule has 4 aromatic rings. The summed E-state index contributed by atoms with van der Waals surface area (Å²) < 4.78 is 1.79. The lowest BCUT2D eigenvalue weighted by Crippen LogP contribution is -2.23. The molecule has 30 heavy (non-hydrogen) atoms. The average Bonchev–Trinajstić information content (AvgIpc) is 3.14. The summed E-state index contributed by atoms with van der Waals surface area (Å²) in [6, 6.07) is 20.6. The normalized spacial score (nSPS) is 13.2. The Morgan fingerprint density at radius 2 is 1.97 bits per heavy atom. The van der Waals surface area contributed by atoms with Crippen LogP contribution in [-0.2, 0) is 19.5 Å². The van der Waals surface area contributed by atoms with Crippen molar-refractivity contribution in [2.24, 2.45) is 0 Å². The van der Waals surface area contributed by atoms with E-state index in [-0.39, 0.29) is 5.91 Å². The number of hydrogen-bond acceptors (Lipinski definition) is 4. The van der Waals surface area contributed by atoms with Crippen molar-refractivity contribution < 1.29 is 4.79 Å². The SMILES string of the molecule is Cc1c(C(=O)Nc2ccc3c(c2)CCNC3)nnn1Cc1cccc2ccccc12. The maximum Gasteiger partial charge on any atom is 0.278 e. The van der Waals surface area contributed by atoms with Gasteiger partial charge in [-0.05, 0) is 59.5 Å². The van der Waals surface area contributed by atoms with Gasteiger partial charge < -0.3 is 10.6 Å². The van der Waals surface area contributed by atoms with Crippen LogP contribution in [-0.4, -0.2) is 27.4 Å². The Balaban J connectivity index is 1.37. The van der Waals surface area contributed by atoms with E-state index in [2.05, 4.69) is 57.3 Å². The molecule has 3 aromatic carbocycles. The van der Waals surface area contributed by atoms with Crippen LogP contribution in [0, 0.1) is 6.92 Å². The molecule has 1 aliphatic rings. The lowest BCUT2D eigenvalue weighted by atomic mass is 10.0. The van der Waals surface area contributed by atoms with Crippen molar-refractivity contribution in [3.8, 4) is 0 Å². The van der Waals surface area contributed by atoms with E-state index in [0.717, 1.165) is 36.5 Å². The molecule has 0 aliphatic carbocycles. The van der Waals surface area contributed by atoms with Crippen molar-refractivity contribution in [2.45, 2.75) is 26.4 Å². The molecule has 6 nitrogen and oxygen atoms in total. The number of nitrogens with one attached hydrogen (secondary N) is 2. The van der Waals surface area contributed by atoms with Gasteiger partial charge in [-0.25, -0.2) is 4.68 Å². The Morgan fingerprint density at radius 3 is 2.90 bits per heavy atom. The number of fused-ring (bicyclic) bond motifs is 2. The Morgan fingerprint density at radius 1 is 1.10 bits per heavy atom. The Labute approximate surface area is 174 Å². The van der Waals surface area contributed by atoms with E-state index in [9.17, 15) is 4.79 Å². The number of nitrogens with zero attached hydrogens (tertiary/aromatic N) is 3. The second-order valence-electron chi connectivity index (χ2n) is 7.68. The second-order valence-corrected chi connectivity index (χ2v) is 7.68. The van der Waals surface area contributed by atoms with E-state index in [1.807, 2.05) is 31.2 Å². The third-order valence-corrected chi connectivity index (χ3v) is 5.75. The van der Waals surface area contributed by atoms with Gasteiger partial charge in [0.1, 0.15) is 0 Å². The first-order valence-corrected chi connectivity index (χ1v) is 10.2. The molecule has 150 valence electrons. The smallest absolute Gasteiger partial charge is 0.278 e. The minimum atomic E-state index is -0.231. The molecule has 0 saturated carbocycles. The number of benzene rings is 3. The number of hydrogen-bond donors (Lipinski definition) is 2. The van der Waals surface area contributed by atoms with Crippen molar-refractivity contribution in [2.75, 3.05) is 11.9 Å². The topological polar surface area (TPSA) is 71.8 Å². The van der Waals surface area contributed by atoms with Crippen LogP contribution in [0.4, 0.5) is 5.69 Å². The van der Waals surface area contributed by atoms with E-state index >= 15 is 0 Å². The molecule has 0 spiro atoms. The predicted octanol–water partition coefficient (Wildman–Crippen LogP) is 3.69. The zero-order valence-corrected chi connectivity index (χ0v) is 16.9. The lowest BCUT2D eigenvalue weighted by Gasteiger charge is -2.18. The highest BCUT2D eigenvalue weighted by Crippen LogP contribution is 2.21. The molecule has 0 fully saturated rings. The van der Waals surface area contributed by atoms with Gasteiger partial charge in [0.15, 0.2) is 5.69 Å². The number of amides is 1. The number of carbonyl (C=O) groups excluding carboxylic acids is 1. The van der Waals surface area contributed by atoms with Crippen molar-refractivity contribution in [1.29, 1.82) is 0 Å². The molecule has 2 N–H and O–H groups in total. The highest BCUT2D eigenvalue weighted by atomic mass is 16.2. The van der Waals surface area contributed by atoms with Crippen LogP contribution < -0.4 is 10.6 Å². The molecule has 1 amide bonds. The fourth-order valence-electron chi connectivity index (χ4n) is 4.06. The fraction of sp³-hybridized carbons (Fsp3) is 0.208. The van der Waals surface area contributed by atoms with Crippen molar-refractivity contribution in [1.82, 2.24) is 20.3 Å². The van der Waals surface area contributed by atoms with Crippen molar-refractivity contribution in [3.05, 3.63) is 88.7 Å². The van der Waals surface area contributed by atoms with Gasteiger partial charge in [-0.1, -0.05) is 53.7 Å². The summed E-state index contributed by atoms with van der Waals surface area (Å²) in [5.41, 5.74) is 5.62. The molecular formula is C24H23N5O. The molecule has 2 heterocycles. The summed E-state index contributed by atoms with van der Waals surface area (Å²) >= 11 is 0. The molecule has 0 atom stereocenters. The third kappa shape index (κ3) is 3.46. The summed E-state index contributed by atoms with van der Waals surface area (Å²) in [6.07, 6.45) is 0.972. The van der Waals surface area contributed by atoms with Crippen LogP contribution in [0.2, 0.25) is 0 Å². The minimum Gasteiger partial charge on any atom is -0.321 e. The van der Waals surface area contributed by atoms with Gasteiger partial charge in [-0.15, -0.1) is 5.10 Å². The highest BCUT2D eigenvalue weighted by molar-refractivity contribution is 6.03. The molecule has 0 saturated heterocycles. The van der Waals surface area contributed by atoms with Crippen molar-refractivity contribution >= 4 is 22.4 Å². The molecule has 1 aliphatic heterocycles. The summed E-state index contributed by atoms with van der Waals surface area (Å²) in [4.78, 5) is 12.8.